The van der Waals surface area contributed by atoms with Crippen LogP contribution >= 0.6 is 11.8 Å². The van der Waals surface area contributed by atoms with Crippen LogP contribution in [0, 0.1) is 12.7 Å². The highest BCUT2D eigenvalue weighted by Gasteiger charge is 2.32. The number of hydrogen-bond donors (Lipinski definition) is 0. The summed E-state index contributed by atoms with van der Waals surface area (Å²) in [7, 11) is 0. The molecule has 0 radical (unpaired) electrons. The van der Waals surface area contributed by atoms with Crippen LogP contribution < -0.4 is 5.56 Å². The Morgan fingerprint density at radius 3 is 2.33 bits per heavy atom. The minimum atomic E-state index is -5.26. The van der Waals surface area contributed by atoms with Crippen LogP contribution in [0.4, 0.5) is 17.6 Å². The zero-order valence-corrected chi connectivity index (χ0v) is 26.2. The molecule has 1 aromatic heterocycles. The lowest BCUT2D eigenvalue weighted by Gasteiger charge is -2.28. The van der Waals surface area contributed by atoms with Gasteiger partial charge in [0.25, 0.3) is 5.56 Å². The van der Waals surface area contributed by atoms with Crippen LogP contribution in [-0.4, -0.2) is 51.3 Å². The van der Waals surface area contributed by atoms with E-state index in [9.17, 15) is 29.9 Å². The van der Waals surface area contributed by atoms with Gasteiger partial charge in [0.15, 0.2) is 5.16 Å². The topological polar surface area (TPSA) is 58.4 Å². The van der Waals surface area contributed by atoms with Gasteiger partial charge in [-0.2, -0.15) is 18.2 Å². The molecule has 0 aliphatic heterocycles. The van der Waals surface area contributed by atoms with Crippen LogP contribution in [0.25, 0.3) is 11.1 Å². The van der Waals surface area contributed by atoms with Gasteiger partial charge in [-0.05, 0) is 85.0 Å². The second kappa shape index (κ2) is 15.5. The molecule has 254 valence electrons. The monoisotopic (exact) mass is 703 g/mol. The number of thioether (sulfide) groups is 1. The van der Waals surface area contributed by atoms with Crippen molar-refractivity contribution < 1.29 is 53.9 Å². The summed E-state index contributed by atoms with van der Waals surface area (Å²) in [5.74, 6) is -4.00. The van der Waals surface area contributed by atoms with Gasteiger partial charge in [0.2, 0.25) is 5.91 Å². The first-order chi connectivity index (χ1) is 31.9. The molecule has 11 heteroatoms. The molecule has 0 N–H and O–H groups in total. The quantitative estimate of drug-likeness (QED) is 0.0819. The highest BCUT2D eigenvalue weighted by Crippen LogP contribution is 2.34. The van der Waals surface area contributed by atoms with E-state index in [1.165, 1.54) is 0 Å². The van der Waals surface area contributed by atoms with Crippen LogP contribution in [-0.2, 0) is 42.5 Å². The average Bonchev–Trinajstić information content (AvgIpc) is 3.33. The molecule has 4 aromatic rings. The summed E-state index contributed by atoms with van der Waals surface area (Å²) < 4.78 is 253. The van der Waals surface area contributed by atoms with E-state index in [-0.39, 0.29) is 16.7 Å². The maximum absolute atomic E-state index is 15.0. The second-order valence-corrected chi connectivity index (χ2v) is 10.7. The van der Waals surface area contributed by atoms with E-state index in [2.05, 4.69) is 4.98 Å². The summed E-state index contributed by atoms with van der Waals surface area (Å²) in [6.07, 6.45) is -16.0. The minimum Gasteiger partial charge on any atom is -0.336 e. The fourth-order valence-corrected chi connectivity index (χ4v) is 5.13. The van der Waals surface area contributed by atoms with Crippen LogP contribution in [0.5, 0.6) is 0 Å². The Morgan fingerprint density at radius 2 is 1.67 bits per heavy atom. The fourth-order valence-electron chi connectivity index (χ4n) is 4.26. The molecular formula is C37H40F4N4O2S. The number of likely N-dealkylation sites (N-methyl/N-ethyl adjacent to an activating group) is 1. The van der Waals surface area contributed by atoms with Crippen LogP contribution in [0.3, 0.4) is 0 Å². The Labute approximate surface area is 315 Å². The molecule has 1 aliphatic rings. The van der Waals surface area contributed by atoms with E-state index in [1.807, 2.05) is 0 Å². The van der Waals surface area contributed by atoms with Crippen molar-refractivity contribution in [2.75, 3.05) is 26.1 Å². The Balaban J connectivity index is 1.81. The summed E-state index contributed by atoms with van der Waals surface area (Å²) in [4.78, 5) is 32.9. The zero-order chi connectivity index (χ0) is 54.8. The van der Waals surface area contributed by atoms with Crippen molar-refractivity contribution in [1.82, 2.24) is 19.4 Å². The SMILES string of the molecule is [2H]c1c([2H])c(CSc2nc(=O)c3c(n2CC(=O)N(CCN(C([2H])([2H])C)C([2H])([2H])C)C([2H])([2H])c2c([2H])c([2H])c(-c4c([2H])c([2H])c(C(F)(F)F)c(C)c4[2H])c([2H])c2[2H])C([2H])([2H])C([2H])([2H])C3([2H])[2H])c([2H])c([2H])c1F. The van der Waals surface area contributed by atoms with Gasteiger partial charge in [-0.15, -0.1) is 0 Å². The van der Waals surface area contributed by atoms with E-state index in [0.717, 1.165) is 20.8 Å². The van der Waals surface area contributed by atoms with Crippen molar-refractivity contribution >= 4 is 17.7 Å². The third kappa shape index (κ3) is 8.54. The van der Waals surface area contributed by atoms with Crippen molar-refractivity contribution in [3.8, 4) is 11.1 Å². The number of carbonyl (C=O) groups is 1. The summed E-state index contributed by atoms with van der Waals surface area (Å²) in [5, 5.41) is -0.843. The first kappa shape index (κ1) is 16.2. The van der Waals surface area contributed by atoms with E-state index in [4.69, 9.17) is 28.8 Å². The molecule has 0 unspecified atom stereocenters. The smallest absolute Gasteiger partial charge is 0.336 e. The second-order valence-electron chi connectivity index (χ2n) is 9.72. The Kier molecular flexibility index (Phi) is 5.22. The third-order valence-corrected chi connectivity index (χ3v) is 7.60. The normalized spacial score (nSPS) is 23.8. The number of rotatable bonds is 13. The Bertz CT molecular complexity index is 2840. The molecular weight excluding hydrogens is 640 g/mol. The predicted molar refractivity (Wildman–Crippen MR) is 181 cm³/mol. The van der Waals surface area contributed by atoms with Crippen molar-refractivity contribution in [2.24, 2.45) is 0 Å². The molecule has 0 saturated heterocycles. The summed E-state index contributed by atoms with van der Waals surface area (Å²) in [5.41, 5.74) is -10.6. The number of alkyl halides is 3. The van der Waals surface area contributed by atoms with E-state index >= 15 is 0 Å². The van der Waals surface area contributed by atoms with Gasteiger partial charge in [0.1, 0.15) is 12.4 Å². The molecule has 0 bridgehead atoms. The van der Waals surface area contributed by atoms with E-state index in [0.29, 0.717) is 9.47 Å². The van der Waals surface area contributed by atoms with Crippen molar-refractivity contribution in [1.29, 1.82) is 0 Å². The van der Waals surface area contributed by atoms with E-state index in [1.54, 1.807) is 0 Å². The first-order valence-electron chi connectivity index (χ1n) is 25.4. The lowest BCUT2D eigenvalue weighted by molar-refractivity contribution is -0.138. The van der Waals surface area contributed by atoms with Crippen LogP contribution in [0.15, 0.2) is 76.4 Å². The predicted octanol–water partition coefficient (Wildman–Crippen LogP) is 7.53. The van der Waals surface area contributed by atoms with Gasteiger partial charge in [-0.3, -0.25) is 9.59 Å². The molecule has 0 saturated carbocycles. The van der Waals surface area contributed by atoms with Gasteiger partial charge in [-0.1, -0.05) is 73.9 Å². The van der Waals surface area contributed by atoms with Gasteiger partial charge < -0.3 is 14.4 Å². The molecule has 0 atom stereocenters. The number of hydrogen-bond acceptors (Lipinski definition) is 5. The number of aromatic nitrogens is 2. The third-order valence-electron chi connectivity index (χ3n) is 6.60. The van der Waals surface area contributed by atoms with Crippen molar-refractivity contribution in [3.05, 3.63) is 116 Å². The number of halogens is 4. The number of fused-ring (bicyclic) bond motifs is 1. The molecule has 1 aliphatic carbocycles. The van der Waals surface area contributed by atoms with Crippen molar-refractivity contribution in [2.45, 2.75) is 70.0 Å². The Hall–Kier alpha value is -3.96. The van der Waals surface area contributed by atoms with Gasteiger partial charge >= 0.3 is 6.18 Å². The summed E-state index contributed by atoms with van der Waals surface area (Å²) >= 11 is 0.253. The largest absolute Gasteiger partial charge is 0.416 e. The molecule has 3 aromatic carbocycles. The maximum Gasteiger partial charge on any atom is 0.416 e. The molecule has 0 spiro atoms. The summed E-state index contributed by atoms with van der Waals surface area (Å²) in [6, 6.07) is -13.5. The highest BCUT2D eigenvalue weighted by atomic mass is 32.2. The van der Waals surface area contributed by atoms with Gasteiger partial charge in [-0.25, -0.2) is 4.39 Å². The fraction of sp³-hybridized carbons (Fsp3) is 0.378. The number of amides is 1. The lowest BCUT2D eigenvalue weighted by atomic mass is 9.98. The standard InChI is InChI=1S/C37H40F4N4O2S/c1-4-43(5-2)19-20-44(22-26-9-13-28(14-10-26)29-15-18-32(25(3)21-29)37(39,40)41)34(46)23-45-33-8-6-7-31(33)35(47)42-36(45)48-24-27-11-16-30(38)17-12-27/h9-18,21H,4-8,19-20,22-24H2,1-3H3/i4D2,5D2,6D2,7D2,8D2,9D,10D,11D,12D,13D,14D,15D,16D,17D,18D,21D,22D2. The Morgan fingerprint density at radius 1 is 1.00 bits per heavy atom. The zero-order valence-electron chi connectivity index (χ0n) is 48.4. The number of carbonyl (C=O) groups excluding carboxylic acids is 1. The summed E-state index contributed by atoms with van der Waals surface area (Å²) in [6.45, 7) is -10.2. The maximum atomic E-state index is 15.0. The highest BCUT2D eigenvalue weighted by molar-refractivity contribution is 7.98. The van der Waals surface area contributed by atoms with E-state index < -0.39 is 204 Å². The van der Waals surface area contributed by atoms with Gasteiger partial charge in [0.05, 0.1) is 23.4 Å². The number of nitrogens with zero attached hydrogens (tertiary/aromatic N) is 4. The molecule has 1 heterocycles. The molecule has 1 amide bonds. The van der Waals surface area contributed by atoms with Crippen LogP contribution in [0.2, 0.25) is 0 Å². The van der Waals surface area contributed by atoms with Gasteiger partial charge in [0, 0.05) is 50.3 Å². The van der Waals surface area contributed by atoms with Crippen molar-refractivity contribution in [3.63, 3.8) is 0 Å². The lowest BCUT2D eigenvalue weighted by Crippen LogP contribution is -2.40. The average molecular weight is 704 g/mol. The van der Waals surface area contributed by atoms with Crippen LogP contribution in [0.1, 0.15) is 85.3 Å². The molecule has 5 rings (SSSR count). The minimum absolute atomic E-state index is 0.0900. The number of benzene rings is 3. The first-order valence-corrected chi connectivity index (χ1v) is 14.8. The molecule has 48 heavy (non-hydrogen) atoms. The molecule has 0 fully saturated rings. The molecule has 6 nitrogen and oxygen atoms in total.